The van der Waals surface area contributed by atoms with Crippen molar-refractivity contribution in [2.24, 2.45) is 0 Å². The summed E-state index contributed by atoms with van der Waals surface area (Å²) in [5, 5.41) is 0. The summed E-state index contributed by atoms with van der Waals surface area (Å²) < 4.78 is 6.47. The van der Waals surface area contributed by atoms with E-state index in [1.54, 1.807) is 0 Å². The lowest BCUT2D eigenvalue weighted by molar-refractivity contribution is 0.0158. The largest absolute Gasteiger partial charge is 0.378 e. The van der Waals surface area contributed by atoms with Gasteiger partial charge in [-0.2, -0.15) is 0 Å². The van der Waals surface area contributed by atoms with Gasteiger partial charge in [-0.05, 0) is 7.05 Å². The molecule has 9 heavy (non-hydrogen) atoms. The average Bonchev–Trinajstić information content (AvgIpc) is 1.89. The normalized spacial score (nSPS) is 30.7. The van der Waals surface area contributed by atoms with Crippen molar-refractivity contribution in [3.8, 4) is 0 Å². The molecular weight excluding hydrogens is 229 g/mol. The minimum absolute atomic E-state index is 0.652. The summed E-state index contributed by atoms with van der Waals surface area (Å²) in [5.74, 6) is 0. The molecule has 1 aliphatic heterocycles. The standard InChI is InChI=1S/C6H12INO/c1-8-2-3-9-5-6(8)4-7/h6H,2-5H2,1H3. The molecule has 1 atom stereocenters. The maximum absolute atomic E-state index is 5.30. The maximum atomic E-state index is 5.30. The van der Waals surface area contributed by atoms with Gasteiger partial charge in [0.05, 0.1) is 13.2 Å². The molecule has 0 spiro atoms. The molecule has 1 rings (SSSR count). The van der Waals surface area contributed by atoms with Crippen LogP contribution in [-0.4, -0.2) is 42.2 Å². The van der Waals surface area contributed by atoms with Crippen molar-refractivity contribution < 1.29 is 4.74 Å². The van der Waals surface area contributed by atoms with Crippen LogP contribution < -0.4 is 0 Å². The van der Waals surface area contributed by atoms with Crippen LogP contribution in [0.1, 0.15) is 0 Å². The van der Waals surface area contributed by atoms with E-state index >= 15 is 0 Å². The molecule has 0 bridgehead atoms. The van der Waals surface area contributed by atoms with Crippen LogP contribution in [-0.2, 0) is 4.74 Å². The second-order valence-electron chi connectivity index (χ2n) is 2.36. The van der Waals surface area contributed by atoms with Crippen molar-refractivity contribution in [1.29, 1.82) is 0 Å². The Balaban J connectivity index is 2.30. The zero-order chi connectivity index (χ0) is 6.69. The van der Waals surface area contributed by atoms with Gasteiger partial charge in [0.1, 0.15) is 0 Å². The Morgan fingerprint density at radius 2 is 2.56 bits per heavy atom. The van der Waals surface area contributed by atoms with E-state index in [1.807, 2.05) is 0 Å². The highest BCUT2D eigenvalue weighted by Gasteiger charge is 2.16. The summed E-state index contributed by atoms with van der Waals surface area (Å²) in [6.45, 7) is 2.91. The van der Waals surface area contributed by atoms with Crippen molar-refractivity contribution in [1.82, 2.24) is 4.90 Å². The quantitative estimate of drug-likeness (QED) is 0.496. The first-order chi connectivity index (χ1) is 4.34. The lowest BCUT2D eigenvalue weighted by atomic mass is 10.3. The third kappa shape index (κ3) is 2.05. The summed E-state index contributed by atoms with van der Waals surface area (Å²) in [4.78, 5) is 2.36. The molecule has 54 valence electrons. The zero-order valence-corrected chi connectivity index (χ0v) is 7.80. The molecule has 0 saturated carbocycles. The summed E-state index contributed by atoms with van der Waals surface area (Å²) in [6, 6.07) is 0.652. The fraction of sp³-hybridized carbons (Fsp3) is 1.00. The monoisotopic (exact) mass is 241 g/mol. The fourth-order valence-electron chi connectivity index (χ4n) is 0.900. The number of halogens is 1. The molecule has 0 aromatic carbocycles. The maximum Gasteiger partial charge on any atom is 0.0629 e. The number of hydrogen-bond acceptors (Lipinski definition) is 2. The van der Waals surface area contributed by atoms with E-state index in [4.69, 9.17) is 4.74 Å². The second-order valence-corrected chi connectivity index (χ2v) is 3.24. The Morgan fingerprint density at radius 3 is 3.00 bits per heavy atom. The first kappa shape index (κ1) is 7.75. The van der Waals surface area contributed by atoms with Crippen LogP contribution in [0.4, 0.5) is 0 Å². The molecule has 1 saturated heterocycles. The van der Waals surface area contributed by atoms with Crippen LogP contribution in [0.3, 0.4) is 0 Å². The van der Waals surface area contributed by atoms with Crippen molar-refractivity contribution in [3.05, 3.63) is 0 Å². The molecule has 0 amide bonds. The first-order valence-corrected chi connectivity index (χ1v) is 4.71. The number of hydrogen-bond donors (Lipinski definition) is 0. The van der Waals surface area contributed by atoms with E-state index < -0.39 is 0 Å². The first-order valence-electron chi connectivity index (χ1n) is 3.18. The summed E-state index contributed by atoms with van der Waals surface area (Å²) >= 11 is 2.40. The lowest BCUT2D eigenvalue weighted by Gasteiger charge is -2.30. The molecule has 1 unspecified atom stereocenters. The Morgan fingerprint density at radius 1 is 1.78 bits per heavy atom. The zero-order valence-electron chi connectivity index (χ0n) is 5.64. The molecule has 0 aromatic heterocycles. The van der Waals surface area contributed by atoms with Crippen molar-refractivity contribution >= 4 is 22.6 Å². The molecule has 0 N–H and O–H groups in total. The topological polar surface area (TPSA) is 12.5 Å². The van der Waals surface area contributed by atoms with E-state index in [1.165, 1.54) is 4.43 Å². The Labute approximate surface area is 69.7 Å². The molecule has 3 heteroatoms. The molecule has 1 aliphatic rings. The van der Waals surface area contributed by atoms with Gasteiger partial charge in [0.15, 0.2) is 0 Å². The van der Waals surface area contributed by atoms with Crippen molar-refractivity contribution in [2.45, 2.75) is 6.04 Å². The molecule has 2 nitrogen and oxygen atoms in total. The van der Waals surface area contributed by atoms with Gasteiger partial charge in [0.25, 0.3) is 0 Å². The van der Waals surface area contributed by atoms with Crippen LogP contribution in [0, 0.1) is 0 Å². The van der Waals surface area contributed by atoms with Crippen LogP contribution in [0.15, 0.2) is 0 Å². The lowest BCUT2D eigenvalue weighted by Crippen LogP contribution is -2.43. The highest BCUT2D eigenvalue weighted by atomic mass is 127. The van der Waals surface area contributed by atoms with Gasteiger partial charge in [-0.3, -0.25) is 4.90 Å². The molecule has 1 fully saturated rings. The fourth-order valence-corrected chi connectivity index (χ4v) is 1.83. The Kier molecular flexibility index (Phi) is 3.21. The van der Waals surface area contributed by atoms with E-state index in [-0.39, 0.29) is 0 Å². The SMILES string of the molecule is CN1CCOCC1CI. The molecule has 0 aliphatic carbocycles. The van der Waals surface area contributed by atoms with E-state index in [0.717, 1.165) is 19.8 Å². The minimum Gasteiger partial charge on any atom is -0.378 e. The van der Waals surface area contributed by atoms with Crippen LogP contribution in [0.5, 0.6) is 0 Å². The number of likely N-dealkylation sites (N-methyl/N-ethyl adjacent to an activating group) is 1. The van der Waals surface area contributed by atoms with Gasteiger partial charge in [0, 0.05) is 17.0 Å². The van der Waals surface area contributed by atoms with Gasteiger partial charge in [0.2, 0.25) is 0 Å². The number of ether oxygens (including phenoxy) is 1. The summed E-state index contributed by atoms with van der Waals surface area (Å²) in [7, 11) is 2.16. The number of alkyl halides is 1. The third-order valence-electron chi connectivity index (χ3n) is 1.70. The van der Waals surface area contributed by atoms with E-state index in [9.17, 15) is 0 Å². The van der Waals surface area contributed by atoms with Gasteiger partial charge in [-0.25, -0.2) is 0 Å². The molecular formula is C6H12INO. The van der Waals surface area contributed by atoms with Gasteiger partial charge < -0.3 is 4.74 Å². The van der Waals surface area contributed by atoms with E-state index in [2.05, 4.69) is 34.5 Å². The smallest absolute Gasteiger partial charge is 0.0629 e. The Bertz CT molecular complexity index is 89.1. The highest BCUT2D eigenvalue weighted by molar-refractivity contribution is 14.1. The number of rotatable bonds is 1. The number of nitrogens with zero attached hydrogens (tertiary/aromatic N) is 1. The van der Waals surface area contributed by atoms with Crippen LogP contribution in [0.25, 0.3) is 0 Å². The van der Waals surface area contributed by atoms with E-state index in [0.29, 0.717) is 6.04 Å². The highest BCUT2D eigenvalue weighted by Crippen LogP contribution is 2.05. The Hall–Kier alpha value is 0.650. The van der Waals surface area contributed by atoms with Crippen molar-refractivity contribution in [2.75, 3.05) is 31.2 Å². The summed E-state index contributed by atoms with van der Waals surface area (Å²) in [5.41, 5.74) is 0. The minimum atomic E-state index is 0.652. The average molecular weight is 241 g/mol. The third-order valence-corrected chi connectivity index (χ3v) is 2.72. The molecule has 1 heterocycles. The van der Waals surface area contributed by atoms with Gasteiger partial charge in [-0.1, -0.05) is 22.6 Å². The predicted octanol–water partition coefficient (Wildman–Crippen LogP) is 0.752. The van der Waals surface area contributed by atoms with Crippen LogP contribution in [0.2, 0.25) is 0 Å². The van der Waals surface area contributed by atoms with Gasteiger partial charge in [-0.15, -0.1) is 0 Å². The predicted molar refractivity (Wildman–Crippen MR) is 46.1 cm³/mol. The number of morpholine rings is 1. The second kappa shape index (κ2) is 3.73. The van der Waals surface area contributed by atoms with Gasteiger partial charge >= 0.3 is 0 Å². The van der Waals surface area contributed by atoms with Crippen LogP contribution >= 0.6 is 22.6 Å². The molecule has 0 aromatic rings. The van der Waals surface area contributed by atoms with Crippen molar-refractivity contribution in [3.63, 3.8) is 0 Å². The molecule has 0 radical (unpaired) electrons. The summed E-state index contributed by atoms with van der Waals surface area (Å²) in [6.07, 6.45) is 0.